The van der Waals surface area contributed by atoms with Crippen molar-refractivity contribution in [2.24, 2.45) is 0 Å². The van der Waals surface area contributed by atoms with Crippen LogP contribution in [0.3, 0.4) is 0 Å². The Labute approximate surface area is 345 Å². The zero-order valence-electron chi connectivity index (χ0n) is 44.4. The molecule has 4 aromatic heterocycles. The van der Waals surface area contributed by atoms with Crippen molar-refractivity contribution in [2.45, 2.75) is 37.8 Å². The minimum atomic E-state index is -4.01. The van der Waals surface area contributed by atoms with E-state index in [4.69, 9.17) is 31.4 Å². The van der Waals surface area contributed by atoms with Crippen molar-refractivity contribution in [2.75, 3.05) is 0 Å². The lowest BCUT2D eigenvalue weighted by atomic mass is 9.83. The maximum atomic E-state index is 9.71. The molecule has 56 heavy (non-hydrogen) atoms. The normalized spacial score (nSPS) is 23.0. The van der Waals surface area contributed by atoms with E-state index in [0.29, 0.717) is 22.2 Å². The second kappa shape index (κ2) is 12.3. The third kappa shape index (κ3) is 4.64. The molecule has 0 atom stereocenters. The van der Waals surface area contributed by atoms with Crippen LogP contribution in [0.5, 0.6) is 0 Å². The Morgan fingerprint density at radius 3 is 1.91 bits per heavy atom. The molecule has 1 fully saturated rings. The molecule has 7 aromatic carbocycles. The first kappa shape index (κ1) is 20.2. The summed E-state index contributed by atoms with van der Waals surface area (Å²) in [7, 11) is 0. The Bertz CT molecular complexity index is 4000. The van der Waals surface area contributed by atoms with Gasteiger partial charge in [-0.1, -0.05) is 146 Å². The van der Waals surface area contributed by atoms with Crippen LogP contribution in [-0.4, -0.2) is 23.9 Å². The second-order valence-corrected chi connectivity index (χ2v) is 13.7. The van der Waals surface area contributed by atoms with Crippen LogP contribution in [0, 0.1) is 0 Å². The smallest absolute Gasteiger partial charge is 0.238 e. The number of rotatable bonds is 5. The van der Waals surface area contributed by atoms with E-state index in [1.165, 1.54) is 0 Å². The molecule has 266 valence electrons. The van der Waals surface area contributed by atoms with Gasteiger partial charge < -0.3 is 4.40 Å². The van der Waals surface area contributed by atoms with E-state index in [0.717, 1.165) is 54.4 Å². The summed E-state index contributed by atoms with van der Waals surface area (Å²) in [6.07, 6.45) is -19.8. The molecule has 0 aliphatic heterocycles. The molecule has 12 rings (SSSR count). The van der Waals surface area contributed by atoms with Gasteiger partial charge in [0.1, 0.15) is 0 Å². The van der Waals surface area contributed by atoms with Gasteiger partial charge in [0.15, 0.2) is 11.6 Å². The van der Waals surface area contributed by atoms with Crippen LogP contribution in [0.25, 0.3) is 99.8 Å². The van der Waals surface area contributed by atoms with Crippen LogP contribution in [0.1, 0.15) is 63.9 Å². The molecule has 1 aliphatic rings. The summed E-state index contributed by atoms with van der Waals surface area (Å²) in [5.74, 6) is -4.43. The molecule has 0 radical (unpaired) electrons. The Hall–Kier alpha value is -6.85. The zero-order valence-corrected chi connectivity index (χ0v) is 29.4. The quantitative estimate of drug-likeness (QED) is 0.177. The van der Waals surface area contributed by atoms with Gasteiger partial charge in [-0.15, -0.1) is 0 Å². The average Bonchev–Trinajstić information content (AvgIpc) is 4.01. The Morgan fingerprint density at radius 1 is 0.536 bits per heavy atom. The van der Waals surface area contributed by atoms with Crippen molar-refractivity contribution in [3.8, 4) is 39.9 Å². The van der Waals surface area contributed by atoms with E-state index in [-0.39, 0.29) is 11.8 Å². The van der Waals surface area contributed by atoms with Crippen LogP contribution >= 0.6 is 0 Å². The molecule has 5 nitrogen and oxygen atoms in total. The third-order valence-electron chi connectivity index (χ3n) is 10.7. The van der Waals surface area contributed by atoms with Gasteiger partial charge in [0.2, 0.25) is 5.95 Å². The van der Waals surface area contributed by atoms with Gasteiger partial charge in [-0.3, -0.25) is 4.57 Å². The molecule has 4 heterocycles. The number of benzene rings is 7. The van der Waals surface area contributed by atoms with E-state index in [1.54, 1.807) is 16.7 Å². The monoisotopic (exact) mass is 734 g/mol. The standard InChI is InChI=1S/C51H37N5/c1-2-15-32(16-3-1)33-17-12-18-34(31-33)49-52-50(54-51(53-49)56-44-28-10-6-20-36(44)37-21-7-11-29-45(37)56)41-23-5-4-19-35(41)39-24-14-30-46-47(39)42-26-13-25-40-38-22-8-9-27-43(38)55(46)48(40)42/h4-14,17-32H,1-3,15-16H2/i1D2,2D2,3D2,12D,15D2,16D2,17D,18D,31D,32D. The zero-order chi connectivity index (χ0) is 50.1. The van der Waals surface area contributed by atoms with Crippen LogP contribution in [-0.2, 0) is 0 Å². The van der Waals surface area contributed by atoms with E-state index >= 15 is 0 Å². The first-order valence-electron chi connectivity index (χ1n) is 25.7. The summed E-state index contributed by atoms with van der Waals surface area (Å²) >= 11 is 0. The molecule has 0 saturated heterocycles. The molecule has 0 N–H and O–H groups in total. The van der Waals surface area contributed by atoms with Crippen LogP contribution in [0.15, 0.2) is 158 Å². The first-order chi connectivity index (χ1) is 33.6. The Balaban J connectivity index is 1.17. The predicted molar refractivity (Wildman–Crippen MR) is 231 cm³/mol. The largest absolute Gasteiger partial charge is 0.308 e. The third-order valence-corrected chi connectivity index (χ3v) is 10.7. The van der Waals surface area contributed by atoms with Crippen molar-refractivity contribution < 1.29 is 20.6 Å². The van der Waals surface area contributed by atoms with Gasteiger partial charge in [0, 0.05) is 58.5 Å². The van der Waals surface area contributed by atoms with Crippen molar-refractivity contribution in [3.05, 3.63) is 163 Å². The predicted octanol–water partition coefficient (Wildman–Crippen LogP) is 13.2. The fraction of sp³-hybridized carbons (Fsp3) is 0.118. The lowest BCUT2D eigenvalue weighted by molar-refractivity contribution is 0.443. The van der Waals surface area contributed by atoms with Gasteiger partial charge in [-0.2, -0.15) is 9.97 Å². The van der Waals surface area contributed by atoms with E-state index in [1.807, 2.05) is 91.0 Å². The number of para-hydroxylation sites is 4. The van der Waals surface area contributed by atoms with Crippen molar-refractivity contribution in [1.82, 2.24) is 23.9 Å². The Kier molecular flexibility index (Phi) is 4.44. The summed E-state index contributed by atoms with van der Waals surface area (Å²) in [6, 6.07) is 38.6. The highest BCUT2D eigenvalue weighted by Crippen LogP contribution is 2.44. The fourth-order valence-corrected chi connectivity index (χ4v) is 8.41. The molecule has 0 spiro atoms. The second-order valence-electron chi connectivity index (χ2n) is 13.7. The minimum absolute atomic E-state index is 0.00735. The molecule has 1 aliphatic carbocycles. The molecule has 11 aromatic rings. The minimum Gasteiger partial charge on any atom is -0.308 e. The van der Waals surface area contributed by atoms with Crippen molar-refractivity contribution in [1.29, 1.82) is 0 Å². The first-order valence-corrected chi connectivity index (χ1v) is 18.2. The lowest BCUT2D eigenvalue weighted by Crippen LogP contribution is -2.07. The highest BCUT2D eigenvalue weighted by molar-refractivity contribution is 6.26. The molecule has 5 heteroatoms. The molecule has 0 amide bonds. The van der Waals surface area contributed by atoms with Crippen molar-refractivity contribution in [3.63, 3.8) is 0 Å². The number of hydrogen-bond donors (Lipinski definition) is 0. The highest BCUT2D eigenvalue weighted by atomic mass is 15.2. The van der Waals surface area contributed by atoms with E-state index in [2.05, 4.69) is 34.7 Å². The van der Waals surface area contributed by atoms with Crippen LogP contribution < -0.4 is 0 Å². The highest BCUT2D eigenvalue weighted by Gasteiger charge is 2.23. The van der Waals surface area contributed by atoms with Gasteiger partial charge >= 0.3 is 0 Å². The molecular formula is C51H37N5. The van der Waals surface area contributed by atoms with E-state index in [9.17, 15) is 4.11 Å². The summed E-state index contributed by atoms with van der Waals surface area (Å²) < 4.78 is 138. The Morgan fingerprint density at radius 2 is 1.12 bits per heavy atom. The van der Waals surface area contributed by atoms with Gasteiger partial charge in [0.25, 0.3) is 0 Å². The van der Waals surface area contributed by atoms with Gasteiger partial charge in [0.05, 0.1) is 33.1 Å². The summed E-state index contributed by atoms with van der Waals surface area (Å²) in [5, 5.41) is 5.80. The lowest BCUT2D eigenvalue weighted by Gasteiger charge is -2.22. The molecule has 0 unspecified atom stereocenters. The fourth-order valence-electron chi connectivity index (χ4n) is 8.41. The summed E-state index contributed by atoms with van der Waals surface area (Å²) in [6.45, 7) is 0. The maximum absolute atomic E-state index is 9.71. The SMILES string of the molecule is [2H]c1c([2H])c(-c2nc(-c3ccccc3-c3cccc4c3c3cccc5c6ccccc6n4c53)nc(-n3c4ccccc4c4ccccc43)n2)c([2H])c(C2([2H])C([2H])([2H])C([2H])([2H])C([2H])([2H])C([2H])([2H])C2([2H])[2H])c1[2H]. The van der Waals surface area contributed by atoms with Crippen LogP contribution in [0.4, 0.5) is 0 Å². The number of nitrogens with zero attached hydrogens (tertiary/aromatic N) is 5. The number of fused-ring (bicyclic) bond motifs is 9. The summed E-state index contributed by atoms with van der Waals surface area (Å²) in [5.41, 5.74) is 4.34. The number of aromatic nitrogens is 5. The van der Waals surface area contributed by atoms with Crippen LogP contribution in [0.2, 0.25) is 0 Å². The van der Waals surface area contributed by atoms with E-state index < -0.39 is 78.9 Å². The van der Waals surface area contributed by atoms with Gasteiger partial charge in [-0.05, 0) is 65.6 Å². The van der Waals surface area contributed by atoms with Gasteiger partial charge in [-0.25, -0.2) is 4.98 Å². The molecule has 1 saturated carbocycles. The van der Waals surface area contributed by atoms with Crippen molar-refractivity contribution >= 4 is 59.9 Å². The average molecular weight is 735 g/mol. The topological polar surface area (TPSA) is 48.0 Å². The summed E-state index contributed by atoms with van der Waals surface area (Å²) in [4.78, 5) is 14.9. The number of hydrogen-bond acceptors (Lipinski definition) is 3. The molecule has 0 bridgehead atoms. The maximum Gasteiger partial charge on any atom is 0.238 e. The molecular weight excluding hydrogens is 683 g/mol.